The second kappa shape index (κ2) is 15.1. The molecule has 6 N–H and O–H groups in total. The van der Waals surface area contributed by atoms with E-state index in [1.165, 1.54) is 0 Å². The number of carbonyl (C=O) groups excluding carboxylic acids is 1. The van der Waals surface area contributed by atoms with E-state index in [1.807, 2.05) is 13.8 Å². The molecule has 7 fully saturated rings. The van der Waals surface area contributed by atoms with Crippen LogP contribution in [0.15, 0.2) is 11.6 Å². The van der Waals surface area contributed by atoms with Crippen molar-refractivity contribution in [3.8, 4) is 0 Å². The molecular weight excluding hydrogens is 716 g/mol. The van der Waals surface area contributed by atoms with E-state index in [0.29, 0.717) is 18.8 Å². The Hall–Kier alpha value is -1.27. The lowest BCUT2D eigenvalue weighted by Crippen LogP contribution is -2.67. The third-order valence-corrected chi connectivity index (χ3v) is 16.0. The molecule has 14 heteroatoms. The summed E-state index contributed by atoms with van der Waals surface area (Å²) in [5.74, 6) is 0.204. The topological polar surface area (TPSA) is 203 Å². The summed E-state index contributed by atoms with van der Waals surface area (Å²) in [6.07, 6.45) is -1.51. The molecule has 8 aliphatic rings. The third kappa shape index (κ3) is 6.95. The lowest BCUT2D eigenvalue weighted by Gasteiger charge is -2.65. The maximum atomic E-state index is 12.6. The summed E-state index contributed by atoms with van der Waals surface area (Å²) in [7, 11) is 0. The van der Waals surface area contributed by atoms with Crippen LogP contribution in [0.2, 0.25) is 0 Å². The van der Waals surface area contributed by atoms with E-state index in [-0.39, 0.29) is 61.1 Å². The molecule has 0 aromatic rings. The van der Waals surface area contributed by atoms with Crippen molar-refractivity contribution in [1.82, 2.24) is 0 Å². The van der Waals surface area contributed by atoms with Gasteiger partial charge in [0.25, 0.3) is 0 Å². The first-order valence-electron chi connectivity index (χ1n) is 20.9. The van der Waals surface area contributed by atoms with Gasteiger partial charge in [-0.25, -0.2) is 4.79 Å². The van der Waals surface area contributed by atoms with Crippen LogP contribution in [0, 0.1) is 34.5 Å². The molecule has 55 heavy (non-hydrogen) atoms. The Morgan fingerprint density at radius 1 is 0.691 bits per heavy atom. The van der Waals surface area contributed by atoms with Crippen LogP contribution in [0.25, 0.3) is 0 Å². The fourth-order valence-electron chi connectivity index (χ4n) is 12.8. The third-order valence-electron chi connectivity index (χ3n) is 16.0. The van der Waals surface area contributed by atoms with Crippen LogP contribution < -0.4 is 0 Å². The van der Waals surface area contributed by atoms with E-state index in [2.05, 4.69) is 6.92 Å². The Morgan fingerprint density at radius 2 is 1.29 bits per heavy atom. The zero-order valence-corrected chi connectivity index (χ0v) is 32.9. The molecular formula is C41H64O14. The van der Waals surface area contributed by atoms with Crippen molar-refractivity contribution in [2.24, 2.45) is 34.5 Å². The second-order valence-corrected chi connectivity index (χ2v) is 18.8. The van der Waals surface area contributed by atoms with Gasteiger partial charge < -0.3 is 63.8 Å². The Morgan fingerprint density at radius 3 is 1.87 bits per heavy atom. The summed E-state index contributed by atoms with van der Waals surface area (Å²) < 4.78 is 42.1. The van der Waals surface area contributed by atoms with Gasteiger partial charge in [0.1, 0.15) is 24.9 Å². The molecule has 14 nitrogen and oxygen atoms in total. The minimum absolute atomic E-state index is 0.0452. The first-order valence-corrected chi connectivity index (χ1v) is 20.9. The molecule has 0 aromatic carbocycles. The maximum absolute atomic E-state index is 12.6. The van der Waals surface area contributed by atoms with Crippen molar-refractivity contribution >= 4 is 5.97 Å². The molecule has 3 unspecified atom stereocenters. The summed E-state index contributed by atoms with van der Waals surface area (Å²) >= 11 is 0. The largest absolute Gasteiger partial charge is 0.458 e. The SMILES string of the molecule is CC1O[C@@H](O[C@@H]2C(C)O[C@H](O[C@@H]3C(C)O[C@@H](O[C@H]4CC[C@@]5(C)[C@H](CC[C@@H]6[C@@H]5C[C@@H](O)[C@]5(C)[C@@H](C7=CC(=O)OC7)CC[C@]65O)C4)C[C@H]3O)C[C@H]2O)C[C@@H](O)[C@@H]1O. The number of ether oxygens (including phenoxy) is 7. The van der Waals surface area contributed by atoms with Gasteiger partial charge in [0.05, 0.1) is 54.4 Å². The van der Waals surface area contributed by atoms with Crippen LogP contribution >= 0.6 is 0 Å². The molecule has 21 atom stereocenters. The number of fused-ring (bicyclic) bond motifs is 5. The molecule has 4 saturated carbocycles. The van der Waals surface area contributed by atoms with Crippen molar-refractivity contribution in [2.45, 2.75) is 197 Å². The van der Waals surface area contributed by atoms with Crippen molar-refractivity contribution in [3.63, 3.8) is 0 Å². The summed E-state index contributed by atoms with van der Waals surface area (Å²) in [5, 5.41) is 66.9. The fraction of sp³-hybridized carbons (Fsp3) is 0.927. The van der Waals surface area contributed by atoms with E-state index >= 15 is 0 Å². The van der Waals surface area contributed by atoms with E-state index in [1.54, 1.807) is 19.9 Å². The van der Waals surface area contributed by atoms with Gasteiger partial charge in [-0.1, -0.05) is 13.8 Å². The van der Waals surface area contributed by atoms with E-state index in [0.717, 1.165) is 44.1 Å². The molecule has 312 valence electrons. The molecule has 0 amide bonds. The molecule has 8 rings (SSSR count). The normalized spacial score (nSPS) is 55.5. The predicted molar refractivity (Wildman–Crippen MR) is 193 cm³/mol. The molecule has 4 aliphatic carbocycles. The smallest absolute Gasteiger partial charge is 0.331 e. The first-order chi connectivity index (χ1) is 26.0. The molecule has 0 bridgehead atoms. The zero-order chi connectivity index (χ0) is 39.2. The summed E-state index contributed by atoms with van der Waals surface area (Å²) in [5.41, 5.74) is -0.892. The van der Waals surface area contributed by atoms with Crippen LogP contribution in [0.3, 0.4) is 0 Å². The highest BCUT2D eigenvalue weighted by Gasteiger charge is 2.71. The number of cyclic esters (lactones) is 1. The van der Waals surface area contributed by atoms with Gasteiger partial charge in [-0.05, 0) is 107 Å². The van der Waals surface area contributed by atoms with E-state index in [9.17, 15) is 35.4 Å². The lowest BCUT2D eigenvalue weighted by atomic mass is 9.42. The highest BCUT2D eigenvalue weighted by molar-refractivity contribution is 5.85. The Balaban J connectivity index is 0.837. The van der Waals surface area contributed by atoms with Crippen LogP contribution in [-0.4, -0.2) is 135 Å². The molecule has 3 saturated heterocycles. The molecule has 4 aliphatic heterocycles. The van der Waals surface area contributed by atoms with E-state index < -0.39 is 90.9 Å². The van der Waals surface area contributed by atoms with Gasteiger partial charge in [0.15, 0.2) is 18.9 Å². The minimum Gasteiger partial charge on any atom is -0.458 e. The average molecular weight is 781 g/mol. The van der Waals surface area contributed by atoms with Crippen molar-refractivity contribution in [3.05, 3.63) is 11.6 Å². The van der Waals surface area contributed by atoms with Gasteiger partial charge in [0.2, 0.25) is 0 Å². The van der Waals surface area contributed by atoms with Crippen LogP contribution in [-0.2, 0) is 38.0 Å². The van der Waals surface area contributed by atoms with Crippen molar-refractivity contribution in [1.29, 1.82) is 0 Å². The monoisotopic (exact) mass is 780 g/mol. The second-order valence-electron chi connectivity index (χ2n) is 18.8. The number of hydrogen-bond donors (Lipinski definition) is 6. The van der Waals surface area contributed by atoms with Gasteiger partial charge in [-0.15, -0.1) is 0 Å². The van der Waals surface area contributed by atoms with Crippen molar-refractivity contribution < 1.29 is 68.6 Å². The standard InChI is InChI=1S/C41H64O14/c1-19-36(47)28(42)15-34(50-19)54-38-21(3)52-35(17-30(38)44)55-37-20(2)51-33(16-29(37)43)53-24-8-10-39(4)23(13-24)6-7-26-27(39)14-31(45)40(5)25(9-11-41(26,40)48)22-12-32(46)49-18-22/h12,19-21,23-31,33-38,42-45,47-48H,6-11,13-18H2,1-5H3/t19?,20?,21?,23-,24+,25-,26-,27+,28-,29-,30-,31-,33+,34+,35-,36-,37-,38-,39+,40+,41+/m1/s1. The van der Waals surface area contributed by atoms with Crippen LogP contribution in [0.1, 0.15) is 105 Å². The number of esters is 1. The summed E-state index contributed by atoms with van der Waals surface area (Å²) in [4.78, 5) is 11.9. The van der Waals surface area contributed by atoms with Gasteiger partial charge >= 0.3 is 5.97 Å². The molecule has 0 aromatic heterocycles. The van der Waals surface area contributed by atoms with Crippen molar-refractivity contribution in [2.75, 3.05) is 6.61 Å². The lowest BCUT2D eigenvalue weighted by molar-refractivity contribution is -0.336. The van der Waals surface area contributed by atoms with Gasteiger partial charge in [-0.2, -0.15) is 0 Å². The highest BCUT2D eigenvalue weighted by Crippen LogP contribution is 2.70. The minimum atomic E-state index is -1.01. The quantitative estimate of drug-likeness (QED) is 0.162. The number of rotatable bonds is 7. The Labute approximate surface area is 323 Å². The zero-order valence-electron chi connectivity index (χ0n) is 32.9. The number of hydrogen-bond acceptors (Lipinski definition) is 14. The van der Waals surface area contributed by atoms with Crippen LogP contribution in [0.4, 0.5) is 0 Å². The molecule has 0 radical (unpaired) electrons. The Bertz CT molecular complexity index is 1410. The fourth-order valence-corrected chi connectivity index (χ4v) is 12.8. The van der Waals surface area contributed by atoms with Crippen LogP contribution in [0.5, 0.6) is 0 Å². The molecule has 0 spiro atoms. The van der Waals surface area contributed by atoms with E-state index in [4.69, 9.17) is 33.2 Å². The summed E-state index contributed by atoms with van der Waals surface area (Å²) in [6.45, 7) is 9.90. The summed E-state index contributed by atoms with van der Waals surface area (Å²) in [6, 6.07) is 0. The number of carbonyl (C=O) groups is 1. The van der Waals surface area contributed by atoms with Gasteiger partial charge in [-0.3, -0.25) is 0 Å². The predicted octanol–water partition coefficient (Wildman–Crippen LogP) is 2.22. The Kier molecular flexibility index (Phi) is 11.1. The number of aliphatic hydroxyl groups excluding tert-OH is 5. The van der Waals surface area contributed by atoms with Gasteiger partial charge in [0, 0.05) is 30.8 Å². The highest BCUT2D eigenvalue weighted by atomic mass is 16.7. The number of aliphatic hydroxyl groups is 6. The maximum Gasteiger partial charge on any atom is 0.331 e. The molecule has 4 heterocycles. The average Bonchev–Trinajstić information content (AvgIpc) is 3.67. The first kappa shape index (κ1) is 40.5.